The lowest BCUT2D eigenvalue weighted by Crippen LogP contribution is -2.33. The van der Waals surface area contributed by atoms with Gasteiger partial charge in [-0.15, -0.1) is 0 Å². The van der Waals surface area contributed by atoms with E-state index in [4.69, 9.17) is 14.2 Å². The van der Waals surface area contributed by atoms with Crippen LogP contribution < -0.4 is 15.4 Å². The molecule has 2 N–H and O–H groups in total. The number of non-ortho nitro benzene ring substituents is 1. The number of nitro benzene ring substituents is 1. The number of nitrogens with one attached hydrogen (secondary N) is 2. The van der Waals surface area contributed by atoms with Gasteiger partial charge in [-0.05, 0) is 55.3 Å². The van der Waals surface area contributed by atoms with Gasteiger partial charge in [-0.1, -0.05) is 48.5 Å². The van der Waals surface area contributed by atoms with Crippen LogP contribution in [0.15, 0.2) is 107 Å². The summed E-state index contributed by atoms with van der Waals surface area (Å²) in [4.78, 5) is 49.3. The lowest BCUT2D eigenvalue weighted by Gasteiger charge is -2.30. The van der Waals surface area contributed by atoms with Gasteiger partial charge < -0.3 is 24.8 Å². The zero-order valence-electron chi connectivity index (χ0n) is 25.1. The standard InChI is InChI=1S/C34H33N3O8/c1-22-30(33(39)44-18-8-11-25-9-5-4-6-10-25)32(26-12-7-13-28(21-26)37(41)42)31(23(2)35-22)34(40)45-20-19-43-29-16-14-27(15-17-29)36-24(3)38/h4-17,21,32,35H,18-20H2,1-3H3,(H,36,38)/b11-8+. The van der Waals surface area contributed by atoms with Gasteiger partial charge in [-0.25, -0.2) is 9.59 Å². The number of benzene rings is 3. The van der Waals surface area contributed by atoms with Gasteiger partial charge in [-0.3, -0.25) is 14.9 Å². The smallest absolute Gasteiger partial charge is 0.337 e. The molecule has 0 aromatic heterocycles. The van der Waals surface area contributed by atoms with Gasteiger partial charge in [0.25, 0.3) is 5.69 Å². The molecule has 0 bridgehead atoms. The van der Waals surface area contributed by atoms with Crippen molar-refractivity contribution in [3.63, 3.8) is 0 Å². The summed E-state index contributed by atoms with van der Waals surface area (Å²) in [6.07, 6.45) is 3.52. The Balaban J connectivity index is 1.51. The molecule has 0 saturated carbocycles. The molecule has 1 atom stereocenters. The molecule has 0 saturated heterocycles. The Kier molecular flexibility index (Phi) is 10.8. The molecule has 11 nitrogen and oxygen atoms in total. The summed E-state index contributed by atoms with van der Waals surface area (Å²) >= 11 is 0. The number of hydrogen-bond acceptors (Lipinski definition) is 9. The molecule has 232 valence electrons. The van der Waals surface area contributed by atoms with Gasteiger partial charge in [0.15, 0.2) is 0 Å². The van der Waals surface area contributed by atoms with Crippen molar-refractivity contribution >= 4 is 35.3 Å². The first-order chi connectivity index (χ1) is 21.6. The van der Waals surface area contributed by atoms with E-state index in [0.29, 0.717) is 28.4 Å². The molecule has 1 aliphatic rings. The first-order valence-electron chi connectivity index (χ1n) is 14.1. The van der Waals surface area contributed by atoms with Crippen LogP contribution in [0.1, 0.15) is 37.8 Å². The van der Waals surface area contributed by atoms with Gasteiger partial charge in [0, 0.05) is 36.1 Å². The second kappa shape index (κ2) is 15.1. The number of dihydropyridines is 1. The average Bonchev–Trinajstić information content (AvgIpc) is 3.02. The van der Waals surface area contributed by atoms with E-state index in [1.165, 1.54) is 25.1 Å². The summed E-state index contributed by atoms with van der Waals surface area (Å²) in [7, 11) is 0. The zero-order chi connectivity index (χ0) is 32.3. The molecule has 3 aromatic carbocycles. The van der Waals surface area contributed by atoms with Crippen molar-refractivity contribution in [1.82, 2.24) is 5.32 Å². The second-order valence-electron chi connectivity index (χ2n) is 10.1. The van der Waals surface area contributed by atoms with E-state index < -0.39 is 22.8 Å². The topological polar surface area (TPSA) is 146 Å². The number of ether oxygens (including phenoxy) is 3. The number of hydrogen-bond donors (Lipinski definition) is 2. The third kappa shape index (κ3) is 8.66. The third-order valence-electron chi connectivity index (χ3n) is 6.79. The Morgan fingerprint density at radius 1 is 0.889 bits per heavy atom. The zero-order valence-corrected chi connectivity index (χ0v) is 25.1. The molecule has 1 unspecified atom stereocenters. The molecule has 3 aromatic rings. The molecular weight excluding hydrogens is 578 g/mol. The van der Waals surface area contributed by atoms with E-state index in [2.05, 4.69) is 10.6 Å². The lowest BCUT2D eigenvalue weighted by molar-refractivity contribution is -0.384. The van der Waals surface area contributed by atoms with Crippen LogP contribution in [0.4, 0.5) is 11.4 Å². The summed E-state index contributed by atoms with van der Waals surface area (Å²) in [5.74, 6) is -2.08. The fourth-order valence-electron chi connectivity index (χ4n) is 4.85. The summed E-state index contributed by atoms with van der Waals surface area (Å²) < 4.78 is 16.8. The first-order valence-corrected chi connectivity index (χ1v) is 14.1. The number of carbonyl (C=O) groups excluding carboxylic acids is 3. The number of rotatable bonds is 12. The largest absolute Gasteiger partial charge is 0.490 e. The monoisotopic (exact) mass is 611 g/mol. The summed E-state index contributed by atoms with van der Waals surface area (Å²) in [5, 5.41) is 17.3. The first kappa shape index (κ1) is 32.2. The van der Waals surface area contributed by atoms with E-state index in [-0.39, 0.29) is 42.6 Å². The van der Waals surface area contributed by atoms with Crippen LogP contribution in [0.5, 0.6) is 5.75 Å². The minimum Gasteiger partial charge on any atom is -0.490 e. The van der Waals surface area contributed by atoms with Crippen LogP contribution in [0.25, 0.3) is 6.08 Å². The fraction of sp³-hybridized carbons (Fsp3) is 0.206. The maximum Gasteiger partial charge on any atom is 0.337 e. The van der Waals surface area contributed by atoms with Gasteiger partial charge >= 0.3 is 11.9 Å². The Labute approximate surface area is 260 Å². The van der Waals surface area contributed by atoms with Crippen LogP contribution in [-0.4, -0.2) is 42.6 Å². The fourth-order valence-corrected chi connectivity index (χ4v) is 4.85. The quantitative estimate of drug-likeness (QED) is 0.115. The summed E-state index contributed by atoms with van der Waals surface area (Å²) in [6, 6.07) is 22.0. The maximum absolute atomic E-state index is 13.5. The summed E-state index contributed by atoms with van der Waals surface area (Å²) in [6.45, 7) is 4.65. The Bertz CT molecular complexity index is 1660. The van der Waals surface area contributed by atoms with E-state index in [1.54, 1.807) is 50.3 Å². The average molecular weight is 612 g/mol. The van der Waals surface area contributed by atoms with E-state index >= 15 is 0 Å². The van der Waals surface area contributed by atoms with Crippen LogP contribution in [0.2, 0.25) is 0 Å². The lowest BCUT2D eigenvalue weighted by atomic mass is 9.80. The highest BCUT2D eigenvalue weighted by molar-refractivity contribution is 6.00. The molecule has 1 heterocycles. The van der Waals surface area contributed by atoms with Crippen molar-refractivity contribution in [1.29, 1.82) is 0 Å². The molecule has 1 amide bonds. The molecule has 0 radical (unpaired) electrons. The highest BCUT2D eigenvalue weighted by Gasteiger charge is 2.38. The molecule has 4 rings (SSSR count). The highest BCUT2D eigenvalue weighted by atomic mass is 16.6. The van der Waals surface area contributed by atoms with Gasteiger partial charge in [0.05, 0.1) is 22.0 Å². The van der Waals surface area contributed by atoms with Crippen LogP contribution in [0, 0.1) is 10.1 Å². The van der Waals surface area contributed by atoms with Gasteiger partial charge in [0.2, 0.25) is 5.91 Å². The Hall–Kier alpha value is -5.71. The number of anilines is 1. The number of allylic oxidation sites excluding steroid dienone is 2. The summed E-state index contributed by atoms with van der Waals surface area (Å²) in [5.41, 5.74) is 2.86. The van der Waals surface area contributed by atoms with E-state index in [1.807, 2.05) is 36.4 Å². The van der Waals surface area contributed by atoms with E-state index in [9.17, 15) is 24.5 Å². The molecule has 11 heteroatoms. The van der Waals surface area contributed by atoms with Crippen LogP contribution in [-0.2, 0) is 23.9 Å². The predicted molar refractivity (Wildman–Crippen MR) is 168 cm³/mol. The third-order valence-corrected chi connectivity index (χ3v) is 6.79. The van der Waals surface area contributed by atoms with Crippen molar-refractivity contribution in [2.24, 2.45) is 0 Å². The van der Waals surface area contributed by atoms with Crippen molar-refractivity contribution in [3.8, 4) is 5.75 Å². The normalized spacial score (nSPS) is 14.5. The molecule has 1 aliphatic heterocycles. The van der Waals surface area contributed by atoms with Gasteiger partial charge in [-0.2, -0.15) is 0 Å². The molecule has 0 aliphatic carbocycles. The molecule has 0 fully saturated rings. The molecule has 0 spiro atoms. The van der Waals surface area contributed by atoms with E-state index in [0.717, 1.165) is 5.56 Å². The predicted octanol–water partition coefficient (Wildman–Crippen LogP) is 5.67. The minimum atomic E-state index is -0.994. The molecular formula is C34H33N3O8. The van der Waals surface area contributed by atoms with Gasteiger partial charge in [0.1, 0.15) is 25.6 Å². The number of carbonyl (C=O) groups is 3. The number of nitrogens with zero attached hydrogens (tertiary/aromatic N) is 1. The Morgan fingerprint density at radius 3 is 2.20 bits per heavy atom. The maximum atomic E-state index is 13.5. The van der Waals surface area contributed by atoms with Crippen LogP contribution in [0.3, 0.4) is 0 Å². The van der Waals surface area contributed by atoms with Crippen molar-refractivity contribution in [2.75, 3.05) is 25.1 Å². The second-order valence-corrected chi connectivity index (χ2v) is 10.1. The van der Waals surface area contributed by atoms with Crippen molar-refractivity contribution < 1.29 is 33.5 Å². The highest BCUT2D eigenvalue weighted by Crippen LogP contribution is 2.40. The number of amides is 1. The number of nitro groups is 1. The SMILES string of the molecule is CC(=O)Nc1ccc(OCCOC(=O)C2=C(C)NC(C)=C(C(=O)OC/C=C/c3ccccc3)C2c2cccc([N+](=O)[O-])c2)cc1. The number of esters is 2. The van der Waals surface area contributed by atoms with Crippen LogP contribution >= 0.6 is 0 Å². The van der Waals surface area contributed by atoms with Crippen molar-refractivity contribution in [2.45, 2.75) is 26.7 Å². The van der Waals surface area contributed by atoms with Crippen molar-refractivity contribution in [3.05, 3.63) is 129 Å². The Morgan fingerprint density at radius 2 is 1.56 bits per heavy atom. The minimum absolute atomic E-state index is 0.0300. The molecule has 45 heavy (non-hydrogen) atoms.